The fraction of sp³-hybridized carbons (Fsp3) is 0.900. The van der Waals surface area contributed by atoms with Gasteiger partial charge in [-0.25, -0.2) is 0 Å². The Morgan fingerprint density at radius 2 is 1.75 bits per heavy atom. The lowest BCUT2D eigenvalue weighted by molar-refractivity contribution is -0.135. The molecule has 0 saturated heterocycles. The second-order valence-corrected chi connectivity index (χ2v) is 3.55. The van der Waals surface area contributed by atoms with Crippen molar-refractivity contribution >= 4 is 5.78 Å². The van der Waals surface area contributed by atoms with E-state index in [0.717, 1.165) is 6.42 Å². The quantitative estimate of drug-likeness (QED) is 0.636. The molecule has 2 heteroatoms. The van der Waals surface area contributed by atoms with Gasteiger partial charge in [-0.05, 0) is 20.3 Å². The van der Waals surface area contributed by atoms with Gasteiger partial charge in [0.2, 0.25) is 0 Å². The van der Waals surface area contributed by atoms with Gasteiger partial charge in [0.15, 0.2) is 5.78 Å². The molecule has 0 N–H and O–H groups in total. The van der Waals surface area contributed by atoms with Gasteiger partial charge in [0, 0.05) is 5.92 Å². The maximum Gasteiger partial charge on any atom is 0.163 e. The van der Waals surface area contributed by atoms with Crippen molar-refractivity contribution in [1.82, 2.24) is 0 Å². The summed E-state index contributed by atoms with van der Waals surface area (Å²) in [6, 6.07) is 0. The Kier molecular flexibility index (Phi) is 5.14. The Balaban J connectivity index is 3.86. The topological polar surface area (TPSA) is 26.3 Å². The van der Waals surface area contributed by atoms with Gasteiger partial charge in [-0.1, -0.05) is 20.8 Å². The zero-order valence-corrected chi connectivity index (χ0v) is 8.76. The fourth-order valence-electron chi connectivity index (χ4n) is 0.981. The van der Waals surface area contributed by atoms with E-state index >= 15 is 0 Å². The van der Waals surface area contributed by atoms with E-state index in [1.807, 2.05) is 27.7 Å². The number of rotatable bonds is 5. The average Bonchev–Trinajstić information content (AvgIpc) is 2.02. The van der Waals surface area contributed by atoms with Crippen molar-refractivity contribution in [2.75, 3.05) is 0 Å². The summed E-state index contributed by atoms with van der Waals surface area (Å²) < 4.78 is 5.47. The number of ketones is 1. The summed E-state index contributed by atoms with van der Waals surface area (Å²) in [4.78, 5) is 11.4. The Bertz CT molecular complexity index is 141. The minimum atomic E-state index is -0.250. The molecule has 0 fully saturated rings. The van der Waals surface area contributed by atoms with E-state index in [0.29, 0.717) is 0 Å². The maximum atomic E-state index is 11.4. The molecule has 0 rings (SSSR count). The summed E-state index contributed by atoms with van der Waals surface area (Å²) in [5.74, 6) is 0.263. The summed E-state index contributed by atoms with van der Waals surface area (Å²) >= 11 is 0. The van der Waals surface area contributed by atoms with Gasteiger partial charge >= 0.3 is 0 Å². The highest BCUT2D eigenvalue weighted by molar-refractivity contribution is 5.84. The summed E-state index contributed by atoms with van der Waals surface area (Å²) in [5, 5.41) is 0. The lowest BCUT2D eigenvalue weighted by Crippen LogP contribution is -2.28. The molecular formula is C10H20O2. The van der Waals surface area contributed by atoms with Crippen LogP contribution in [0.25, 0.3) is 0 Å². The molecule has 0 radical (unpaired) electrons. The molecule has 0 spiro atoms. The van der Waals surface area contributed by atoms with E-state index in [2.05, 4.69) is 6.92 Å². The Morgan fingerprint density at radius 3 is 2.08 bits per heavy atom. The zero-order chi connectivity index (χ0) is 9.72. The zero-order valence-electron chi connectivity index (χ0n) is 8.76. The van der Waals surface area contributed by atoms with E-state index in [9.17, 15) is 4.79 Å². The van der Waals surface area contributed by atoms with Crippen LogP contribution >= 0.6 is 0 Å². The summed E-state index contributed by atoms with van der Waals surface area (Å²) in [6.07, 6.45) is 0.887. The molecule has 0 aromatic heterocycles. The van der Waals surface area contributed by atoms with Crippen LogP contribution < -0.4 is 0 Å². The number of ether oxygens (including phenoxy) is 1. The number of hydrogen-bond donors (Lipinski definition) is 0. The average molecular weight is 172 g/mol. The largest absolute Gasteiger partial charge is 0.368 e. The van der Waals surface area contributed by atoms with Crippen molar-refractivity contribution in [3.05, 3.63) is 0 Å². The van der Waals surface area contributed by atoms with E-state index < -0.39 is 0 Å². The molecule has 72 valence electrons. The SMILES string of the molecule is CCC(C)O[C@H](C)C(=O)C(C)C. The summed E-state index contributed by atoms with van der Waals surface area (Å²) in [7, 11) is 0. The molecule has 2 atom stereocenters. The first-order valence-corrected chi connectivity index (χ1v) is 4.68. The summed E-state index contributed by atoms with van der Waals surface area (Å²) in [5.41, 5.74) is 0. The molecule has 0 aliphatic heterocycles. The van der Waals surface area contributed by atoms with Gasteiger partial charge in [-0.15, -0.1) is 0 Å². The molecule has 0 aromatic carbocycles. The van der Waals surface area contributed by atoms with Crippen LogP contribution in [0.15, 0.2) is 0 Å². The van der Waals surface area contributed by atoms with E-state index in [1.54, 1.807) is 0 Å². The van der Waals surface area contributed by atoms with E-state index in [4.69, 9.17) is 4.74 Å². The van der Waals surface area contributed by atoms with Crippen LogP contribution in [0.4, 0.5) is 0 Å². The highest BCUT2D eigenvalue weighted by atomic mass is 16.5. The number of carbonyl (C=O) groups is 1. The van der Waals surface area contributed by atoms with Gasteiger partial charge in [0.25, 0.3) is 0 Å². The fourth-order valence-corrected chi connectivity index (χ4v) is 0.981. The normalized spacial score (nSPS) is 16.2. The molecule has 0 aliphatic rings. The molecule has 1 unspecified atom stereocenters. The number of carbonyl (C=O) groups excluding carboxylic acids is 1. The van der Waals surface area contributed by atoms with Crippen LogP contribution in [-0.2, 0) is 9.53 Å². The van der Waals surface area contributed by atoms with Crippen molar-refractivity contribution < 1.29 is 9.53 Å². The van der Waals surface area contributed by atoms with Gasteiger partial charge in [0.05, 0.1) is 6.10 Å². The molecule has 0 bridgehead atoms. The molecule has 12 heavy (non-hydrogen) atoms. The first-order valence-electron chi connectivity index (χ1n) is 4.68. The van der Waals surface area contributed by atoms with Crippen molar-refractivity contribution in [3.63, 3.8) is 0 Å². The first-order chi connectivity index (χ1) is 5.49. The number of Topliss-reactive ketones (excluding diaryl/α,β-unsaturated/α-hetero) is 1. The third-order valence-electron chi connectivity index (χ3n) is 1.98. The van der Waals surface area contributed by atoms with Gasteiger partial charge < -0.3 is 4.74 Å². The minimum Gasteiger partial charge on any atom is -0.368 e. The molecule has 0 saturated carbocycles. The van der Waals surface area contributed by atoms with Crippen molar-refractivity contribution in [2.45, 2.75) is 53.2 Å². The van der Waals surface area contributed by atoms with E-state index in [-0.39, 0.29) is 23.9 Å². The van der Waals surface area contributed by atoms with Crippen LogP contribution in [-0.4, -0.2) is 18.0 Å². The van der Waals surface area contributed by atoms with Crippen molar-refractivity contribution in [1.29, 1.82) is 0 Å². The maximum absolute atomic E-state index is 11.4. The monoisotopic (exact) mass is 172 g/mol. The van der Waals surface area contributed by atoms with Crippen LogP contribution in [0.5, 0.6) is 0 Å². The lowest BCUT2D eigenvalue weighted by Gasteiger charge is -2.18. The predicted molar refractivity (Wildman–Crippen MR) is 50.1 cm³/mol. The standard InChI is InChI=1S/C10H20O2/c1-6-8(4)12-9(5)10(11)7(2)3/h7-9H,6H2,1-5H3/t8?,9-/m1/s1. The highest BCUT2D eigenvalue weighted by Gasteiger charge is 2.18. The second-order valence-electron chi connectivity index (χ2n) is 3.55. The summed E-state index contributed by atoms with van der Waals surface area (Å²) in [6.45, 7) is 9.67. The molecular weight excluding hydrogens is 152 g/mol. The minimum absolute atomic E-state index is 0.0732. The molecule has 0 heterocycles. The second kappa shape index (κ2) is 5.31. The lowest BCUT2D eigenvalue weighted by atomic mass is 10.1. The smallest absolute Gasteiger partial charge is 0.163 e. The molecule has 2 nitrogen and oxygen atoms in total. The third kappa shape index (κ3) is 3.86. The van der Waals surface area contributed by atoms with Gasteiger partial charge in [-0.3, -0.25) is 4.79 Å². The highest BCUT2D eigenvalue weighted by Crippen LogP contribution is 2.07. The van der Waals surface area contributed by atoms with Crippen LogP contribution in [0.2, 0.25) is 0 Å². The van der Waals surface area contributed by atoms with Crippen LogP contribution in [0.1, 0.15) is 41.0 Å². The predicted octanol–water partition coefficient (Wildman–Crippen LogP) is 2.42. The van der Waals surface area contributed by atoms with Gasteiger partial charge in [-0.2, -0.15) is 0 Å². The molecule has 0 aliphatic carbocycles. The van der Waals surface area contributed by atoms with Crippen molar-refractivity contribution in [3.8, 4) is 0 Å². The first kappa shape index (κ1) is 11.6. The molecule has 0 aromatic rings. The van der Waals surface area contributed by atoms with Crippen molar-refractivity contribution in [2.24, 2.45) is 5.92 Å². The Morgan fingerprint density at radius 1 is 1.25 bits per heavy atom. The van der Waals surface area contributed by atoms with Crippen LogP contribution in [0.3, 0.4) is 0 Å². The Labute approximate surface area is 75.3 Å². The third-order valence-corrected chi connectivity index (χ3v) is 1.98. The van der Waals surface area contributed by atoms with Crippen LogP contribution in [0, 0.1) is 5.92 Å². The number of hydrogen-bond acceptors (Lipinski definition) is 2. The Hall–Kier alpha value is -0.370. The molecule has 0 amide bonds. The van der Waals surface area contributed by atoms with E-state index in [1.165, 1.54) is 0 Å². The van der Waals surface area contributed by atoms with Gasteiger partial charge in [0.1, 0.15) is 6.10 Å².